The number of hydrogen-bond acceptors (Lipinski definition) is 2. The Morgan fingerprint density at radius 1 is 1.00 bits per heavy atom. The van der Waals surface area contributed by atoms with Crippen LogP contribution in [0.15, 0.2) is 48.5 Å². The molecule has 0 aliphatic carbocycles. The molecule has 0 radical (unpaired) electrons. The van der Waals surface area contributed by atoms with E-state index in [-0.39, 0.29) is 11.5 Å². The van der Waals surface area contributed by atoms with Crippen molar-refractivity contribution in [2.45, 2.75) is 39.2 Å². The molecule has 3 nitrogen and oxygen atoms in total. The Labute approximate surface area is 149 Å². The Balaban J connectivity index is 1.76. The summed E-state index contributed by atoms with van der Waals surface area (Å²) in [6.07, 6.45) is 1.16. The van der Waals surface area contributed by atoms with Crippen LogP contribution in [0.4, 0.5) is 0 Å². The van der Waals surface area contributed by atoms with Crippen molar-refractivity contribution in [3.8, 4) is 5.75 Å². The maximum Gasteiger partial charge on any atom is 0.224 e. The van der Waals surface area contributed by atoms with Gasteiger partial charge in [0, 0.05) is 11.6 Å². The summed E-state index contributed by atoms with van der Waals surface area (Å²) in [5.74, 6) is 0.836. The zero-order valence-electron chi connectivity index (χ0n) is 14.4. The number of ether oxygens (including phenoxy) is 1. The van der Waals surface area contributed by atoms with Crippen molar-refractivity contribution in [1.82, 2.24) is 5.32 Å². The standard InChI is InChI=1S/C20H24ClNO2/c1-20(2,3)24-18-10-6-16(7-11-18)14-19(23)22-13-12-15-4-8-17(21)9-5-15/h4-11H,12-14H2,1-3H3,(H,22,23). The van der Waals surface area contributed by atoms with Crippen LogP contribution in [0, 0.1) is 0 Å². The van der Waals surface area contributed by atoms with Crippen LogP contribution < -0.4 is 10.1 Å². The van der Waals surface area contributed by atoms with Gasteiger partial charge in [0.2, 0.25) is 5.91 Å². The third-order valence-electron chi connectivity index (χ3n) is 3.36. The van der Waals surface area contributed by atoms with Crippen molar-refractivity contribution in [3.05, 3.63) is 64.7 Å². The van der Waals surface area contributed by atoms with Crippen LogP contribution in [0.3, 0.4) is 0 Å². The number of halogens is 1. The molecule has 0 aliphatic heterocycles. The van der Waals surface area contributed by atoms with E-state index in [4.69, 9.17) is 16.3 Å². The first-order chi connectivity index (χ1) is 11.3. The molecule has 2 rings (SSSR count). The first-order valence-corrected chi connectivity index (χ1v) is 8.49. The molecule has 0 spiro atoms. The summed E-state index contributed by atoms with van der Waals surface area (Å²) in [6, 6.07) is 15.3. The Kier molecular flexibility index (Phi) is 6.27. The molecule has 0 aliphatic rings. The van der Waals surface area contributed by atoms with E-state index < -0.39 is 0 Å². The second-order valence-corrected chi connectivity index (χ2v) is 7.20. The largest absolute Gasteiger partial charge is 0.488 e. The third kappa shape index (κ3) is 6.63. The van der Waals surface area contributed by atoms with Gasteiger partial charge >= 0.3 is 0 Å². The Morgan fingerprint density at radius 3 is 2.17 bits per heavy atom. The molecule has 0 heterocycles. The number of nitrogens with one attached hydrogen (secondary N) is 1. The van der Waals surface area contributed by atoms with E-state index >= 15 is 0 Å². The van der Waals surface area contributed by atoms with Crippen molar-refractivity contribution in [1.29, 1.82) is 0 Å². The number of carbonyl (C=O) groups excluding carboxylic acids is 1. The summed E-state index contributed by atoms with van der Waals surface area (Å²) < 4.78 is 5.77. The lowest BCUT2D eigenvalue weighted by Crippen LogP contribution is -2.27. The average Bonchev–Trinajstić information content (AvgIpc) is 2.50. The van der Waals surface area contributed by atoms with E-state index in [2.05, 4.69) is 5.32 Å². The number of amides is 1. The number of hydrogen-bond donors (Lipinski definition) is 1. The van der Waals surface area contributed by atoms with Crippen LogP contribution in [0.2, 0.25) is 5.02 Å². The van der Waals surface area contributed by atoms with Crippen molar-refractivity contribution in [3.63, 3.8) is 0 Å². The van der Waals surface area contributed by atoms with Gasteiger partial charge in [0.25, 0.3) is 0 Å². The van der Waals surface area contributed by atoms with Crippen LogP contribution in [0.5, 0.6) is 5.75 Å². The molecule has 0 atom stereocenters. The van der Waals surface area contributed by atoms with Gasteiger partial charge in [-0.15, -0.1) is 0 Å². The highest BCUT2D eigenvalue weighted by molar-refractivity contribution is 6.30. The van der Waals surface area contributed by atoms with E-state index in [9.17, 15) is 4.79 Å². The summed E-state index contributed by atoms with van der Waals surface area (Å²) in [5, 5.41) is 3.67. The van der Waals surface area contributed by atoms with Gasteiger partial charge in [-0.3, -0.25) is 4.79 Å². The average molecular weight is 346 g/mol. The second kappa shape index (κ2) is 8.20. The Bertz CT molecular complexity index is 658. The topological polar surface area (TPSA) is 38.3 Å². The van der Waals surface area contributed by atoms with E-state index in [0.717, 1.165) is 28.3 Å². The molecule has 0 fully saturated rings. The second-order valence-electron chi connectivity index (χ2n) is 6.76. The molecule has 1 amide bonds. The first kappa shape index (κ1) is 18.3. The van der Waals surface area contributed by atoms with E-state index in [1.807, 2.05) is 69.3 Å². The van der Waals surface area contributed by atoms with Gasteiger partial charge in [-0.05, 0) is 62.6 Å². The minimum Gasteiger partial charge on any atom is -0.488 e. The predicted molar refractivity (Wildman–Crippen MR) is 98.7 cm³/mol. The quantitative estimate of drug-likeness (QED) is 0.841. The van der Waals surface area contributed by atoms with Gasteiger partial charge in [0.15, 0.2) is 0 Å². The van der Waals surface area contributed by atoms with Gasteiger partial charge in [-0.2, -0.15) is 0 Å². The zero-order chi connectivity index (χ0) is 17.6. The normalized spacial score (nSPS) is 11.2. The summed E-state index contributed by atoms with van der Waals surface area (Å²) >= 11 is 5.85. The number of carbonyl (C=O) groups is 1. The highest BCUT2D eigenvalue weighted by atomic mass is 35.5. The fourth-order valence-corrected chi connectivity index (χ4v) is 2.40. The molecule has 2 aromatic carbocycles. The minimum atomic E-state index is -0.222. The third-order valence-corrected chi connectivity index (χ3v) is 3.61. The monoisotopic (exact) mass is 345 g/mol. The van der Waals surface area contributed by atoms with Gasteiger partial charge in [0.1, 0.15) is 11.4 Å². The van der Waals surface area contributed by atoms with Gasteiger partial charge in [0.05, 0.1) is 6.42 Å². The SMILES string of the molecule is CC(C)(C)Oc1ccc(CC(=O)NCCc2ccc(Cl)cc2)cc1. The van der Waals surface area contributed by atoms with Crippen LogP contribution in [0.1, 0.15) is 31.9 Å². The molecule has 0 saturated carbocycles. The predicted octanol–water partition coefficient (Wildman–Crippen LogP) is 4.42. The molecule has 128 valence electrons. The molecule has 0 aromatic heterocycles. The van der Waals surface area contributed by atoms with Crippen LogP contribution >= 0.6 is 11.6 Å². The van der Waals surface area contributed by atoms with E-state index in [1.165, 1.54) is 0 Å². The zero-order valence-corrected chi connectivity index (χ0v) is 15.2. The van der Waals surface area contributed by atoms with Crippen molar-refractivity contribution in [2.24, 2.45) is 0 Å². The lowest BCUT2D eigenvalue weighted by atomic mass is 10.1. The molecule has 2 aromatic rings. The highest BCUT2D eigenvalue weighted by Crippen LogP contribution is 2.18. The van der Waals surface area contributed by atoms with Crippen molar-refractivity contribution >= 4 is 17.5 Å². The molecule has 24 heavy (non-hydrogen) atoms. The lowest BCUT2D eigenvalue weighted by Gasteiger charge is -2.21. The number of rotatable bonds is 6. The number of benzene rings is 2. The smallest absolute Gasteiger partial charge is 0.224 e. The molecule has 0 unspecified atom stereocenters. The summed E-state index contributed by atoms with van der Waals surface area (Å²) in [5.41, 5.74) is 1.91. The first-order valence-electron chi connectivity index (χ1n) is 8.11. The maximum absolute atomic E-state index is 12.0. The summed E-state index contributed by atoms with van der Waals surface area (Å²) in [4.78, 5) is 12.0. The summed E-state index contributed by atoms with van der Waals surface area (Å²) in [7, 11) is 0. The molecular formula is C20H24ClNO2. The van der Waals surface area contributed by atoms with Gasteiger partial charge in [-0.1, -0.05) is 35.9 Å². The highest BCUT2D eigenvalue weighted by Gasteiger charge is 2.11. The Hall–Kier alpha value is -2.00. The molecule has 1 N–H and O–H groups in total. The molecule has 0 bridgehead atoms. The van der Waals surface area contributed by atoms with Crippen LogP contribution in [0.25, 0.3) is 0 Å². The molecule has 0 saturated heterocycles. The van der Waals surface area contributed by atoms with E-state index in [0.29, 0.717) is 13.0 Å². The minimum absolute atomic E-state index is 0.0217. The Morgan fingerprint density at radius 2 is 1.58 bits per heavy atom. The van der Waals surface area contributed by atoms with Crippen LogP contribution in [-0.4, -0.2) is 18.1 Å². The fraction of sp³-hybridized carbons (Fsp3) is 0.350. The van der Waals surface area contributed by atoms with Gasteiger partial charge in [-0.25, -0.2) is 0 Å². The molecule has 4 heteroatoms. The maximum atomic E-state index is 12.0. The summed E-state index contributed by atoms with van der Waals surface area (Å²) in [6.45, 7) is 6.64. The van der Waals surface area contributed by atoms with E-state index in [1.54, 1.807) is 0 Å². The lowest BCUT2D eigenvalue weighted by molar-refractivity contribution is -0.120. The van der Waals surface area contributed by atoms with Crippen LogP contribution in [-0.2, 0) is 17.6 Å². The molecular weight excluding hydrogens is 322 g/mol. The van der Waals surface area contributed by atoms with Crippen molar-refractivity contribution < 1.29 is 9.53 Å². The fourth-order valence-electron chi connectivity index (χ4n) is 2.27. The van der Waals surface area contributed by atoms with Crippen molar-refractivity contribution in [2.75, 3.05) is 6.54 Å². The van der Waals surface area contributed by atoms with Gasteiger partial charge < -0.3 is 10.1 Å².